The first-order chi connectivity index (χ1) is 11.6. The van der Waals surface area contributed by atoms with Gasteiger partial charge in [-0.3, -0.25) is 4.79 Å². The average Bonchev–Trinajstić information content (AvgIpc) is 3.31. The lowest BCUT2D eigenvalue weighted by molar-refractivity contribution is -0.146. The van der Waals surface area contributed by atoms with Crippen molar-refractivity contribution in [2.24, 2.45) is 13.0 Å². The van der Waals surface area contributed by atoms with Crippen molar-refractivity contribution in [2.45, 2.75) is 18.9 Å². The van der Waals surface area contributed by atoms with E-state index in [0.717, 1.165) is 27.5 Å². The number of esters is 1. The Balaban J connectivity index is 1.37. The molecule has 0 amide bonds. The van der Waals surface area contributed by atoms with Gasteiger partial charge in [-0.05, 0) is 47.7 Å². The summed E-state index contributed by atoms with van der Waals surface area (Å²) >= 11 is 3.43. The van der Waals surface area contributed by atoms with Crippen LogP contribution in [0.1, 0.15) is 23.5 Å². The summed E-state index contributed by atoms with van der Waals surface area (Å²) in [5.74, 6) is 0.140. The van der Waals surface area contributed by atoms with E-state index in [2.05, 4.69) is 38.4 Å². The zero-order valence-electron chi connectivity index (χ0n) is 13.1. The third-order valence-corrected chi connectivity index (χ3v) is 4.98. The molecule has 1 fully saturated rings. The van der Waals surface area contributed by atoms with E-state index in [4.69, 9.17) is 4.74 Å². The maximum Gasteiger partial charge on any atom is 0.309 e. The van der Waals surface area contributed by atoms with E-state index < -0.39 is 0 Å². The number of benzene rings is 2. The minimum Gasteiger partial charge on any atom is -0.461 e. The number of nitrogens with zero attached hydrogens (tertiary/aromatic N) is 3. The van der Waals surface area contributed by atoms with Gasteiger partial charge in [0.2, 0.25) is 0 Å². The molecule has 1 aromatic heterocycles. The van der Waals surface area contributed by atoms with E-state index >= 15 is 0 Å². The molecule has 24 heavy (non-hydrogen) atoms. The molecule has 0 spiro atoms. The van der Waals surface area contributed by atoms with Crippen LogP contribution in [0.25, 0.3) is 11.0 Å². The Bertz CT molecular complexity index is 904. The van der Waals surface area contributed by atoms with E-state index in [-0.39, 0.29) is 24.4 Å². The Kier molecular flexibility index (Phi) is 3.84. The van der Waals surface area contributed by atoms with Gasteiger partial charge >= 0.3 is 5.97 Å². The lowest BCUT2D eigenvalue weighted by Crippen LogP contribution is -2.08. The first-order valence-corrected chi connectivity index (χ1v) is 8.61. The molecule has 0 radical (unpaired) electrons. The van der Waals surface area contributed by atoms with E-state index in [0.29, 0.717) is 0 Å². The third kappa shape index (κ3) is 2.94. The van der Waals surface area contributed by atoms with Gasteiger partial charge in [-0.25, -0.2) is 4.68 Å². The maximum atomic E-state index is 12.2. The van der Waals surface area contributed by atoms with Crippen molar-refractivity contribution in [3.05, 3.63) is 58.1 Å². The van der Waals surface area contributed by atoms with Gasteiger partial charge in [0, 0.05) is 11.5 Å². The molecule has 0 saturated heterocycles. The predicted molar refractivity (Wildman–Crippen MR) is 93.3 cm³/mol. The lowest BCUT2D eigenvalue weighted by Gasteiger charge is -2.05. The molecule has 2 aromatic carbocycles. The number of rotatable bonds is 4. The summed E-state index contributed by atoms with van der Waals surface area (Å²) < 4.78 is 8.25. The topological polar surface area (TPSA) is 57.0 Å². The summed E-state index contributed by atoms with van der Waals surface area (Å²) in [5.41, 5.74) is 3.89. The molecule has 1 aliphatic carbocycles. The van der Waals surface area contributed by atoms with E-state index in [1.807, 2.05) is 37.4 Å². The largest absolute Gasteiger partial charge is 0.461 e. The first-order valence-electron chi connectivity index (χ1n) is 7.82. The Labute approximate surface area is 147 Å². The van der Waals surface area contributed by atoms with Crippen LogP contribution in [0.3, 0.4) is 0 Å². The number of aryl methyl sites for hydroxylation is 1. The smallest absolute Gasteiger partial charge is 0.309 e. The van der Waals surface area contributed by atoms with Crippen LogP contribution >= 0.6 is 15.9 Å². The molecule has 4 rings (SSSR count). The molecule has 0 unspecified atom stereocenters. The molecule has 6 heteroatoms. The summed E-state index contributed by atoms with van der Waals surface area (Å²) in [6.45, 7) is 0.273. The van der Waals surface area contributed by atoms with Crippen LogP contribution in [0.2, 0.25) is 0 Å². The van der Waals surface area contributed by atoms with Crippen LogP contribution in [-0.4, -0.2) is 21.0 Å². The number of halogens is 1. The number of hydrogen-bond acceptors (Lipinski definition) is 4. The summed E-state index contributed by atoms with van der Waals surface area (Å²) in [4.78, 5) is 12.2. The Morgan fingerprint density at radius 3 is 2.88 bits per heavy atom. The lowest BCUT2D eigenvalue weighted by atomic mass is 10.1. The van der Waals surface area contributed by atoms with Crippen molar-refractivity contribution < 1.29 is 9.53 Å². The molecule has 0 N–H and O–H groups in total. The molecular formula is C18H16BrN3O2. The highest BCUT2D eigenvalue weighted by atomic mass is 79.9. The SMILES string of the molecule is Cn1nnc2cc(COC(=O)[C@@H]3C[C@H]3c3ccc(Br)cc3)ccc21. The van der Waals surface area contributed by atoms with Crippen molar-refractivity contribution in [2.75, 3.05) is 0 Å². The Hall–Kier alpha value is -2.21. The molecule has 1 saturated carbocycles. The van der Waals surface area contributed by atoms with Gasteiger partial charge in [-0.1, -0.05) is 39.3 Å². The molecule has 1 aliphatic rings. The highest BCUT2D eigenvalue weighted by Crippen LogP contribution is 2.48. The molecule has 5 nitrogen and oxygen atoms in total. The monoisotopic (exact) mass is 385 g/mol. The van der Waals surface area contributed by atoms with Gasteiger partial charge < -0.3 is 4.74 Å². The summed E-state index contributed by atoms with van der Waals surface area (Å²) in [5, 5.41) is 8.06. The van der Waals surface area contributed by atoms with Crippen LogP contribution in [0.5, 0.6) is 0 Å². The van der Waals surface area contributed by atoms with E-state index in [1.165, 1.54) is 5.56 Å². The highest BCUT2D eigenvalue weighted by molar-refractivity contribution is 9.10. The summed E-state index contributed by atoms with van der Waals surface area (Å²) in [6.07, 6.45) is 0.865. The van der Waals surface area contributed by atoms with Gasteiger partial charge in [0.15, 0.2) is 0 Å². The number of aromatic nitrogens is 3. The second-order valence-corrected chi connectivity index (χ2v) is 7.06. The predicted octanol–water partition coefficient (Wildman–Crippen LogP) is 3.58. The van der Waals surface area contributed by atoms with Crippen LogP contribution in [0, 0.1) is 5.92 Å². The van der Waals surface area contributed by atoms with Crippen LogP contribution in [-0.2, 0) is 23.2 Å². The number of carbonyl (C=O) groups is 1. The number of fused-ring (bicyclic) bond motifs is 1. The van der Waals surface area contributed by atoms with Crippen LogP contribution in [0.4, 0.5) is 0 Å². The summed E-state index contributed by atoms with van der Waals surface area (Å²) in [6, 6.07) is 13.9. The molecule has 3 aromatic rings. The first kappa shape index (κ1) is 15.3. The third-order valence-electron chi connectivity index (χ3n) is 4.45. The van der Waals surface area contributed by atoms with Gasteiger partial charge in [0.05, 0.1) is 11.4 Å². The van der Waals surface area contributed by atoms with Crippen molar-refractivity contribution in [3.63, 3.8) is 0 Å². The van der Waals surface area contributed by atoms with Gasteiger partial charge in [-0.2, -0.15) is 0 Å². The zero-order chi connectivity index (χ0) is 16.7. The quantitative estimate of drug-likeness (QED) is 0.644. The molecule has 122 valence electrons. The van der Waals surface area contributed by atoms with Crippen molar-refractivity contribution in [3.8, 4) is 0 Å². The van der Waals surface area contributed by atoms with Gasteiger partial charge in [-0.15, -0.1) is 5.10 Å². The average molecular weight is 386 g/mol. The summed E-state index contributed by atoms with van der Waals surface area (Å²) in [7, 11) is 1.85. The fourth-order valence-electron chi connectivity index (χ4n) is 2.97. The van der Waals surface area contributed by atoms with Gasteiger partial charge in [0.1, 0.15) is 12.1 Å². The van der Waals surface area contributed by atoms with Crippen molar-refractivity contribution in [1.82, 2.24) is 15.0 Å². The second kappa shape index (κ2) is 6.02. The minimum atomic E-state index is -0.123. The number of hydrogen-bond donors (Lipinski definition) is 0. The number of carbonyl (C=O) groups excluding carboxylic acids is 1. The van der Waals surface area contributed by atoms with E-state index in [9.17, 15) is 4.79 Å². The molecule has 0 aliphatic heterocycles. The molecule has 0 bridgehead atoms. The maximum absolute atomic E-state index is 12.2. The molecule has 1 heterocycles. The van der Waals surface area contributed by atoms with Crippen molar-refractivity contribution >= 4 is 32.9 Å². The fraction of sp³-hybridized carbons (Fsp3) is 0.278. The Morgan fingerprint density at radius 2 is 2.08 bits per heavy atom. The standard InChI is InChI=1S/C18H16BrN3O2/c1-22-17-7-2-11(8-16(17)20-21-22)10-24-18(23)15-9-14(15)12-3-5-13(19)6-4-12/h2-8,14-15H,9-10H2,1H3/t14-,15+/m0/s1. The number of ether oxygens (including phenoxy) is 1. The van der Waals surface area contributed by atoms with Gasteiger partial charge in [0.25, 0.3) is 0 Å². The zero-order valence-corrected chi connectivity index (χ0v) is 14.7. The molecular weight excluding hydrogens is 370 g/mol. The van der Waals surface area contributed by atoms with E-state index in [1.54, 1.807) is 4.68 Å². The fourth-order valence-corrected chi connectivity index (χ4v) is 3.24. The van der Waals surface area contributed by atoms with Crippen LogP contribution in [0.15, 0.2) is 46.9 Å². The minimum absolute atomic E-state index is 0.0218. The van der Waals surface area contributed by atoms with Crippen LogP contribution < -0.4 is 0 Å². The normalized spacial score (nSPS) is 19.4. The second-order valence-electron chi connectivity index (χ2n) is 6.14. The molecule has 2 atom stereocenters. The van der Waals surface area contributed by atoms with Crippen molar-refractivity contribution in [1.29, 1.82) is 0 Å². The Morgan fingerprint density at radius 1 is 1.29 bits per heavy atom. The highest BCUT2D eigenvalue weighted by Gasteiger charge is 2.45.